The molecule has 6 heteroatoms. The van der Waals surface area contributed by atoms with Crippen LogP contribution in [-0.4, -0.2) is 59.8 Å². The van der Waals surface area contributed by atoms with E-state index < -0.39 is 0 Å². The number of hydrogen-bond acceptors (Lipinski definition) is 4. The fourth-order valence-corrected chi connectivity index (χ4v) is 2.97. The molecule has 0 unspecified atom stereocenters. The van der Waals surface area contributed by atoms with Gasteiger partial charge >= 0.3 is 0 Å². The number of likely N-dealkylation sites (N-methyl/N-ethyl adjacent to an activating group) is 1. The normalized spacial score (nSPS) is 14.9. The Kier molecular flexibility index (Phi) is 5.63. The Morgan fingerprint density at radius 3 is 2.62 bits per heavy atom. The van der Waals surface area contributed by atoms with Crippen molar-refractivity contribution in [2.75, 3.05) is 33.2 Å². The lowest BCUT2D eigenvalue weighted by Gasteiger charge is -2.32. The fraction of sp³-hybridized carbons (Fsp3) is 0.350. The Labute approximate surface area is 153 Å². The summed E-state index contributed by atoms with van der Waals surface area (Å²) in [7, 11) is 2.04. The van der Waals surface area contributed by atoms with Gasteiger partial charge in [-0.05, 0) is 31.7 Å². The van der Waals surface area contributed by atoms with Gasteiger partial charge in [-0.3, -0.25) is 14.6 Å². The molecule has 1 aliphatic heterocycles. The number of nitrogens with one attached hydrogen (secondary N) is 1. The van der Waals surface area contributed by atoms with Crippen molar-refractivity contribution < 1.29 is 9.59 Å². The van der Waals surface area contributed by atoms with E-state index in [-0.39, 0.29) is 11.8 Å². The predicted molar refractivity (Wildman–Crippen MR) is 100.0 cm³/mol. The van der Waals surface area contributed by atoms with Crippen molar-refractivity contribution in [2.24, 2.45) is 0 Å². The molecule has 136 valence electrons. The highest BCUT2D eigenvalue weighted by Gasteiger charge is 2.22. The first-order valence-electron chi connectivity index (χ1n) is 8.80. The molecule has 26 heavy (non-hydrogen) atoms. The highest BCUT2D eigenvalue weighted by atomic mass is 16.2. The minimum Gasteiger partial charge on any atom is -0.348 e. The summed E-state index contributed by atoms with van der Waals surface area (Å²) in [5.74, 6) is -0.326. The van der Waals surface area contributed by atoms with Crippen LogP contribution in [0, 0.1) is 6.92 Å². The molecule has 0 radical (unpaired) electrons. The first-order chi connectivity index (χ1) is 12.5. The van der Waals surface area contributed by atoms with Crippen LogP contribution in [0.2, 0.25) is 0 Å². The lowest BCUT2D eigenvalue weighted by molar-refractivity contribution is 0.0658. The topological polar surface area (TPSA) is 65.5 Å². The number of carbonyl (C=O) groups is 2. The number of hydrogen-bond donors (Lipinski definition) is 1. The molecule has 3 rings (SSSR count). The lowest BCUT2D eigenvalue weighted by atomic mass is 10.1. The third-order valence-electron chi connectivity index (χ3n) is 4.57. The Morgan fingerprint density at radius 1 is 1.12 bits per heavy atom. The molecule has 2 aromatic rings. The van der Waals surface area contributed by atoms with E-state index >= 15 is 0 Å². The SMILES string of the molecule is Cc1cccc(CNC(=O)c2ccnc(C(=O)N3CCN(C)CC3)c2)c1. The molecule has 0 saturated carbocycles. The molecule has 0 bridgehead atoms. The minimum absolute atomic E-state index is 0.119. The third-order valence-corrected chi connectivity index (χ3v) is 4.57. The molecule has 0 aliphatic carbocycles. The smallest absolute Gasteiger partial charge is 0.272 e. The molecule has 1 aliphatic rings. The van der Waals surface area contributed by atoms with Gasteiger partial charge in [0.15, 0.2) is 0 Å². The van der Waals surface area contributed by atoms with Crippen LogP contribution in [0.3, 0.4) is 0 Å². The fourth-order valence-electron chi connectivity index (χ4n) is 2.97. The van der Waals surface area contributed by atoms with E-state index in [1.54, 1.807) is 17.0 Å². The number of aryl methyl sites for hydroxylation is 1. The Bertz CT molecular complexity index is 798. The Balaban J connectivity index is 1.64. The van der Waals surface area contributed by atoms with E-state index in [0.717, 1.165) is 24.2 Å². The number of nitrogens with zero attached hydrogens (tertiary/aromatic N) is 3. The van der Waals surface area contributed by atoms with Crippen LogP contribution in [-0.2, 0) is 6.54 Å². The van der Waals surface area contributed by atoms with Gasteiger partial charge in [0, 0.05) is 44.5 Å². The Hall–Kier alpha value is -2.73. The van der Waals surface area contributed by atoms with Crippen molar-refractivity contribution in [3.05, 3.63) is 65.0 Å². The molecule has 1 fully saturated rings. The van der Waals surface area contributed by atoms with E-state index in [2.05, 4.69) is 15.2 Å². The van der Waals surface area contributed by atoms with E-state index in [9.17, 15) is 9.59 Å². The monoisotopic (exact) mass is 352 g/mol. The van der Waals surface area contributed by atoms with E-state index in [4.69, 9.17) is 0 Å². The van der Waals surface area contributed by atoms with Crippen LogP contribution >= 0.6 is 0 Å². The average Bonchev–Trinajstić information content (AvgIpc) is 2.66. The molecular formula is C20H24N4O2. The van der Waals surface area contributed by atoms with Gasteiger partial charge < -0.3 is 15.1 Å². The van der Waals surface area contributed by atoms with Gasteiger partial charge in [-0.2, -0.15) is 0 Å². The van der Waals surface area contributed by atoms with Gasteiger partial charge in [-0.25, -0.2) is 0 Å². The highest BCUT2D eigenvalue weighted by molar-refractivity contribution is 5.98. The first-order valence-corrected chi connectivity index (χ1v) is 8.80. The van der Waals surface area contributed by atoms with Crippen molar-refractivity contribution >= 4 is 11.8 Å². The molecule has 0 spiro atoms. The van der Waals surface area contributed by atoms with Crippen molar-refractivity contribution in [1.82, 2.24) is 20.1 Å². The largest absolute Gasteiger partial charge is 0.348 e. The van der Waals surface area contributed by atoms with Crippen LogP contribution in [0.1, 0.15) is 32.0 Å². The maximum atomic E-state index is 12.6. The van der Waals surface area contributed by atoms with E-state index in [0.29, 0.717) is 30.9 Å². The molecule has 6 nitrogen and oxygen atoms in total. The van der Waals surface area contributed by atoms with Crippen LogP contribution in [0.15, 0.2) is 42.6 Å². The number of amides is 2. The summed E-state index contributed by atoms with van der Waals surface area (Å²) in [6, 6.07) is 11.2. The second kappa shape index (κ2) is 8.10. The van der Waals surface area contributed by atoms with Crippen LogP contribution < -0.4 is 5.32 Å². The minimum atomic E-state index is -0.207. The van der Waals surface area contributed by atoms with Crippen molar-refractivity contribution in [2.45, 2.75) is 13.5 Å². The standard InChI is InChI=1S/C20H24N4O2/c1-15-4-3-5-16(12-15)14-22-19(25)17-6-7-21-18(13-17)20(26)24-10-8-23(2)9-11-24/h3-7,12-13H,8-11,14H2,1-2H3,(H,22,25). The van der Waals surface area contributed by atoms with Gasteiger partial charge in [0.2, 0.25) is 0 Å². The number of carbonyl (C=O) groups excluding carboxylic acids is 2. The van der Waals surface area contributed by atoms with Crippen molar-refractivity contribution in [1.29, 1.82) is 0 Å². The summed E-state index contributed by atoms with van der Waals surface area (Å²) < 4.78 is 0. The van der Waals surface area contributed by atoms with Gasteiger partial charge in [-0.15, -0.1) is 0 Å². The summed E-state index contributed by atoms with van der Waals surface area (Å²) >= 11 is 0. The summed E-state index contributed by atoms with van der Waals surface area (Å²) in [4.78, 5) is 33.2. The first kappa shape index (κ1) is 18.1. The third kappa shape index (κ3) is 4.46. The van der Waals surface area contributed by atoms with Crippen molar-refractivity contribution in [3.63, 3.8) is 0 Å². The quantitative estimate of drug-likeness (QED) is 0.910. The van der Waals surface area contributed by atoms with E-state index in [1.807, 2.05) is 38.2 Å². The predicted octanol–water partition coefficient (Wildman–Crippen LogP) is 1.71. The summed E-state index contributed by atoms with van der Waals surface area (Å²) in [6.45, 7) is 5.53. The summed E-state index contributed by atoms with van der Waals surface area (Å²) in [5.41, 5.74) is 2.96. The zero-order chi connectivity index (χ0) is 18.5. The summed E-state index contributed by atoms with van der Waals surface area (Å²) in [6.07, 6.45) is 1.52. The number of rotatable bonds is 4. The van der Waals surface area contributed by atoms with Crippen molar-refractivity contribution in [3.8, 4) is 0 Å². The second-order valence-corrected chi connectivity index (χ2v) is 6.70. The zero-order valence-electron chi connectivity index (χ0n) is 15.2. The van der Waals surface area contributed by atoms with Gasteiger partial charge in [-0.1, -0.05) is 29.8 Å². The molecule has 1 aromatic carbocycles. The molecule has 0 atom stereocenters. The summed E-state index contributed by atoms with van der Waals surface area (Å²) in [5, 5.41) is 2.90. The molecule has 1 aromatic heterocycles. The van der Waals surface area contributed by atoms with E-state index in [1.165, 1.54) is 6.20 Å². The van der Waals surface area contributed by atoms with Gasteiger partial charge in [0.25, 0.3) is 11.8 Å². The van der Waals surface area contributed by atoms with Crippen LogP contribution in [0.5, 0.6) is 0 Å². The average molecular weight is 352 g/mol. The van der Waals surface area contributed by atoms with Crippen LogP contribution in [0.25, 0.3) is 0 Å². The van der Waals surface area contributed by atoms with Gasteiger partial charge in [0.1, 0.15) is 5.69 Å². The molecular weight excluding hydrogens is 328 g/mol. The number of pyridine rings is 1. The van der Waals surface area contributed by atoms with Crippen LogP contribution in [0.4, 0.5) is 0 Å². The maximum absolute atomic E-state index is 12.6. The maximum Gasteiger partial charge on any atom is 0.272 e. The van der Waals surface area contributed by atoms with Gasteiger partial charge in [0.05, 0.1) is 0 Å². The molecule has 2 amide bonds. The molecule has 1 N–H and O–H groups in total. The Morgan fingerprint density at radius 2 is 1.88 bits per heavy atom. The molecule has 2 heterocycles. The zero-order valence-corrected chi connectivity index (χ0v) is 15.2. The lowest BCUT2D eigenvalue weighted by Crippen LogP contribution is -2.47. The molecule has 1 saturated heterocycles. The highest BCUT2D eigenvalue weighted by Crippen LogP contribution is 2.09. The number of benzene rings is 1. The second-order valence-electron chi connectivity index (χ2n) is 6.70. The number of aromatic nitrogens is 1. The number of piperazine rings is 1.